The van der Waals surface area contributed by atoms with Gasteiger partial charge in [-0.2, -0.15) is 5.10 Å². The lowest BCUT2D eigenvalue weighted by molar-refractivity contribution is 0.117. The molecule has 1 N–H and O–H groups in total. The zero-order valence-electron chi connectivity index (χ0n) is 13.1. The maximum absolute atomic E-state index is 4.61. The minimum Gasteiger partial charge on any atom is -0.311 e. The molecule has 1 saturated heterocycles. The van der Waals surface area contributed by atoms with E-state index in [4.69, 9.17) is 0 Å². The second-order valence-electron chi connectivity index (χ2n) is 5.87. The highest BCUT2D eigenvalue weighted by Crippen LogP contribution is 2.25. The minimum absolute atomic E-state index is 0.570. The first-order valence-corrected chi connectivity index (χ1v) is 8.53. The van der Waals surface area contributed by atoms with Crippen molar-refractivity contribution in [1.82, 2.24) is 20.0 Å². The summed E-state index contributed by atoms with van der Waals surface area (Å²) in [5.74, 6) is 0. The molecule has 1 aliphatic heterocycles. The van der Waals surface area contributed by atoms with Gasteiger partial charge in [0.05, 0.1) is 15.9 Å². The van der Waals surface area contributed by atoms with E-state index in [0.717, 1.165) is 31.7 Å². The van der Waals surface area contributed by atoms with Gasteiger partial charge in [-0.15, -0.1) is 0 Å². The van der Waals surface area contributed by atoms with Crippen LogP contribution in [-0.4, -0.2) is 39.9 Å². The Labute approximate surface area is 131 Å². The predicted octanol–water partition coefficient (Wildman–Crippen LogP) is 2.71. The topological polar surface area (TPSA) is 33.1 Å². The van der Waals surface area contributed by atoms with Crippen molar-refractivity contribution < 1.29 is 0 Å². The molecule has 4 nitrogen and oxygen atoms in total. The average Bonchev–Trinajstić information content (AvgIpc) is 2.69. The van der Waals surface area contributed by atoms with E-state index in [9.17, 15) is 0 Å². The van der Waals surface area contributed by atoms with Gasteiger partial charge in [0.2, 0.25) is 0 Å². The van der Waals surface area contributed by atoms with E-state index in [-0.39, 0.29) is 0 Å². The van der Waals surface area contributed by atoms with Crippen LogP contribution in [0, 0.1) is 0 Å². The molecule has 1 aliphatic rings. The molecule has 20 heavy (non-hydrogen) atoms. The molecular formula is C15H27BrN4. The Morgan fingerprint density at radius 1 is 1.40 bits per heavy atom. The van der Waals surface area contributed by atoms with Crippen LogP contribution < -0.4 is 5.32 Å². The van der Waals surface area contributed by atoms with Crippen LogP contribution >= 0.6 is 15.9 Å². The van der Waals surface area contributed by atoms with Crippen LogP contribution in [0.1, 0.15) is 45.0 Å². The van der Waals surface area contributed by atoms with E-state index in [1.54, 1.807) is 0 Å². The molecule has 1 fully saturated rings. The van der Waals surface area contributed by atoms with Crippen molar-refractivity contribution >= 4 is 15.9 Å². The summed E-state index contributed by atoms with van der Waals surface area (Å²) >= 11 is 3.74. The third kappa shape index (κ3) is 3.43. The Bertz CT molecular complexity index is 443. The van der Waals surface area contributed by atoms with E-state index >= 15 is 0 Å². The molecule has 0 bridgehead atoms. The van der Waals surface area contributed by atoms with E-state index in [1.165, 1.54) is 23.0 Å². The number of piperazine rings is 1. The lowest BCUT2D eigenvalue weighted by Gasteiger charge is -2.39. The van der Waals surface area contributed by atoms with Gasteiger partial charge in [0.1, 0.15) is 0 Å². The second-order valence-corrected chi connectivity index (χ2v) is 6.66. The van der Waals surface area contributed by atoms with Gasteiger partial charge in [-0.25, -0.2) is 0 Å². The lowest BCUT2D eigenvalue weighted by atomic mass is 10.0. The molecule has 114 valence electrons. The van der Waals surface area contributed by atoms with E-state index in [1.807, 2.05) is 4.68 Å². The Balaban J connectivity index is 2.15. The Morgan fingerprint density at radius 2 is 2.15 bits per heavy atom. The Morgan fingerprint density at radius 3 is 2.75 bits per heavy atom. The monoisotopic (exact) mass is 342 g/mol. The van der Waals surface area contributed by atoms with E-state index < -0.39 is 0 Å². The number of halogens is 1. The smallest absolute Gasteiger partial charge is 0.0767 e. The first kappa shape index (κ1) is 16.0. The molecule has 2 rings (SSSR count). The Hall–Kier alpha value is -0.390. The van der Waals surface area contributed by atoms with Crippen molar-refractivity contribution in [3.8, 4) is 0 Å². The maximum atomic E-state index is 4.61. The molecule has 2 atom stereocenters. The molecule has 2 unspecified atom stereocenters. The van der Waals surface area contributed by atoms with Crippen LogP contribution in [0.2, 0.25) is 0 Å². The highest BCUT2D eigenvalue weighted by atomic mass is 79.9. The number of nitrogens with zero attached hydrogens (tertiary/aromatic N) is 3. The van der Waals surface area contributed by atoms with Gasteiger partial charge < -0.3 is 5.32 Å². The molecule has 1 aromatic rings. The average molecular weight is 343 g/mol. The molecule has 1 aromatic heterocycles. The number of hydrogen-bond donors (Lipinski definition) is 1. The van der Waals surface area contributed by atoms with Gasteiger partial charge in [-0.3, -0.25) is 9.58 Å². The van der Waals surface area contributed by atoms with Crippen LogP contribution in [0.25, 0.3) is 0 Å². The fraction of sp³-hybridized carbons (Fsp3) is 0.800. The lowest BCUT2D eigenvalue weighted by Crippen LogP contribution is -2.55. The normalized spacial score (nSPS) is 24.2. The molecule has 0 aromatic carbocycles. The van der Waals surface area contributed by atoms with Gasteiger partial charge in [0.25, 0.3) is 0 Å². The van der Waals surface area contributed by atoms with Crippen molar-refractivity contribution in [3.63, 3.8) is 0 Å². The van der Waals surface area contributed by atoms with Crippen molar-refractivity contribution in [2.75, 3.05) is 13.1 Å². The largest absolute Gasteiger partial charge is 0.311 e. The number of hydrogen-bond acceptors (Lipinski definition) is 3. The van der Waals surface area contributed by atoms with Crippen molar-refractivity contribution in [2.24, 2.45) is 7.05 Å². The zero-order valence-corrected chi connectivity index (χ0v) is 14.7. The van der Waals surface area contributed by atoms with Crippen molar-refractivity contribution in [1.29, 1.82) is 0 Å². The summed E-state index contributed by atoms with van der Waals surface area (Å²) < 4.78 is 3.24. The maximum Gasteiger partial charge on any atom is 0.0767 e. The first-order chi connectivity index (χ1) is 9.56. The summed E-state index contributed by atoms with van der Waals surface area (Å²) in [5, 5.41) is 8.21. The SMILES string of the molecule is CCCC1CNC(C)CN1Cc1c(Br)c(CC)nn1C. The summed E-state index contributed by atoms with van der Waals surface area (Å²) in [7, 11) is 2.06. The number of aromatic nitrogens is 2. The molecular weight excluding hydrogens is 316 g/mol. The van der Waals surface area contributed by atoms with Crippen LogP contribution in [0.3, 0.4) is 0 Å². The summed E-state index contributed by atoms with van der Waals surface area (Å²) in [4.78, 5) is 2.62. The molecule has 0 spiro atoms. The highest BCUT2D eigenvalue weighted by molar-refractivity contribution is 9.10. The van der Waals surface area contributed by atoms with E-state index in [0.29, 0.717) is 12.1 Å². The molecule has 0 radical (unpaired) electrons. The molecule has 5 heteroatoms. The summed E-state index contributed by atoms with van der Waals surface area (Å²) in [6.45, 7) is 9.90. The molecule has 0 saturated carbocycles. The van der Waals surface area contributed by atoms with Crippen LogP contribution in [0.4, 0.5) is 0 Å². The summed E-state index contributed by atoms with van der Waals surface area (Å²) in [5.41, 5.74) is 2.47. The van der Waals surface area contributed by atoms with Gasteiger partial charge in [0.15, 0.2) is 0 Å². The predicted molar refractivity (Wildman–Crippen MR) is 86.9 cm³/mol. The van der Waals surface area contributed by atoms with Crippen molar-refractivity contribution in [2.45, 2.75) is 58.7 Å². The summed E-state index contributed by atoms with van der Waals surface area (Å²) in [6.07, 6.45) is 3.48. The highest BCUT2D eigenvalue weighted by Gasteiger charge is 2.27. The minimum atomic E-state index is 0.570. The van der Waals surface area contributed by atoms with Gasteiger partial charge in [0, 0.05) is 38.8 Å². The number of aryl methyl sites for hydroxylation is 2. The zero-order chi connectivity index (χ0) is 14.7. The fourth-order valence-electron chi connectivity index (χ4n) is 3.03. The van der Waals surface area contributed by atoms with E-state index in [2.05, 4.69) is 59.1 Å². The van der Waals surface area contributed by atoms with Gasteiger partial charge in [-0.05, 0) is 35.7 Å². The quantitative estimate of drug-likeness (QED) is 0.892. The fourth-order valence-corrected chi connectivity index (χ4v) is 3.77. The number of rotatable bonds is 5. The van der Waals surface area contributed by atoms with Crippen LogP contribution in [0.5, 0.6) is 0 Å². The third-order valence-corrected chi connectivity index (χ3v) is 5.12. The molecule has 0 amide bonds. The Kier molecular flexibility index (Phi) is 5.64. The third-order valence-electron chi connectivity index (χ3n) is 4.20. The van der Waals surface area contributed by atoms with Crippen LogP contribution in [0.15, 0.2) is 4.47 Å². The number of nitrogens with one attached hydrogen (secondary N) is 1. The molecule has 0 aliphatic carbocycles. The van der Waals surface area contributed by atoms with Crippen LogP contribution in [-0.2, 0) is 20.0 Å². The summed E-state index contributed by atoms with van der Waals surface area (Å²) in [6, 6.07) is 1.21. The molecule has 2 heterocycles. The van der Waals surface area contributed by atoms with Gasteiger partial charge in [-0.1, -0.05) is 20.3 Å². The van der Waals surface area contributed by atoms with Gasteiger partial charge >= 0.3 is 0 Å². The first-order valence-electron chi connectivity index (χ1n) is 7.74. The van der Waals surface area contributed by atoms with Crippen molar-refractivity contribution in [3.05, 3.63) is 15.9 Å². The standard InChI is InChI=1S/C15H27BrN4/c1-5-7-12-8-17-11(3)9-20(12)10-14-15(16)13(6-2)18-19(14)4/h11-12,17H,5-10H2,1-4H3. The second kappa shape index (κ2) is 7.05.